The first-order valence-electron chi connectivity index (χ1n) is 6.01. The fourth-order valence-electron chi connectivity index (χ4n) is 1.71. The molecule has 1 aromatic carbocycles. The van der Waals surface area contributed by atoms with Gasteiger partial charge in [0.05, 0.1) is 0 Å². The molecule has 0 unspecified atom stereocenters. The number of hydrogen-bond donors (Lipinski definition) is 4. The van der Waals surface area contributed by atoms with Gasteiger partial charge in [-0.2, -0.15) is 0 Å². The normalized spacial score (nSPS) is 12.6. The summed E-state index contributed by atoms with van der Waals surface area (Å²) in [6.45, 7) is 4.99. The van der Waals surface area contributed by atoms with E-state index in [-0.39, 0.29) is 12.8 Å². The van der Waals surface area contributed by atoms with Crippen LogP contribution in [0.3, 0.4) is 0 Å². The molecule has 1 aromatic rings. The van der Waals surface area contributed by atoms with Gasteiger partial charge in [0.25, 0.3) is 0 Å². The summed E-state index contributed by atoms with van der Waals surface area (Å²) in [5, 5.41) is 39.7. The molecule has 4 N–H and O–H groups in total. The number of nitrogens with zero attached hydrogens (tertiary/aromatic N) is 1. The molecule has 102 valence electrons. The van der Waals surface area contributed by atoms with Gasteiger partial charge in [-0.15, -0.1) is 0 Å². The minimum atomic E-state index is -2.32. The van der Waals surface area contributed by atoms with Crippen LogP contribution in [0.5, 0.6) is 0 Å². The molecule has 0 spiro atoms. The van der Waals surface area contributed by atoms with E-state index in [2.05, 4.69) is 0 Å². The molecule has 0 aliphatic rings. The second-order valence-corrected chi connectivity index (χ2v) is 4.43. The lowest BCUT2D eigenvalue weighted by molar-refractivity contribution is -0.251. The monoisotopic (exact) mass is 255 g/mol. The Bertz CT molecular complexity index is 370. The Morgan fingerprint density at radius 2 is 1.28 bits per heavy atom. The van der Waals surface area contributed by atoms with Crippen molar-refractivity contribution in [3.63, 3.8) is 0 Å². The maximum Gasteiger partial charge on any atom is 0.250 e. The van der Waals surface area contributed by atoms with Gasteiger partial charge in [-0.1, -0.05) is 31.5 Å². The van der Waals surface area contributed by atoms with Gasteiger partial charge in [-0.3, -0.25) is 4.90 Å². The molecule has 0 aliphatic heterocycles. The minimum absolute atomic E-state index is 0.0657. The molecule has 0 aromatic heterocycles. The first kappa shape index (κ1) is 14.9. The highest BCUT2D eigenvalue weighted by Crippen LogP contribution is 2.31. The SMILES string of the molecule is CCC(O)(O)N(c1ccc(C)cc1)C(O)(O)CC. The van der Waals surface area contributed by atoms with E-state index in [1.54, 1.807) is 38.1 Å². The van der Waals surface area contributed by atoms with E-state index in [9.17, 15) is 20.4 Å². The van der Waals surface area contributed by atoms with Crippen molar-refractivity contribution < 1.29 is 20.4 Å². The van der Waals surface area contributed by atoms with Crippen molar-refractivity contribution in [2.24, 2.45) is 0 Å². The number of benzene rings is 1. The predicted molar refractivity (Wildman–Crippen MR) is 68.6 cm³/mol. The molecule has 5 heteroatoms. The van der Waals surface area contributed by atoms with Crippen LogP contribution < -0.4 is 4.90 Å². The number of rotatable bonds is 5. The molecule has 1 rings (SSSR count). The van der Waals surface area contributed by atoms with Crippen LogP contribution in [0, 0.1) is 6.92 Å². The van der Waals surface area contributed by atoms with Crippen LogP contribution in [0.2, 0.25) is 0 Å². The van der Waals surface area contributed by atoms with Crippen molar-refractivity contribution in [1.29, 1.82) is 0 Å². The van der Waals surface area contributed by atoms with Crippen LogP contribution in [0.4, 0.5) is 5.69 Å². The van der Waals surface area contributed by atoms with Gasteiger partial charge >= 0.3 is 0 Å². The van der Waals surface area contributed by atoms with E-state index < -0.39 is 11.8 Å². The van der Waals surface area contributed by atoms with Gasteiger partial charge in [-0.05, 0) is 19.1 Å². The first-order valence-corrected chi connectivity index (χ1v) is 6.01. The summed E-state index contributed by atoms with van der Waals surface area (Å²) in [5.74, 6) is -4.65. The number of anilines is 1. The summed E-state index contributed by atoms with van der Waals surface area (Å²) in [6.07, 6.45) is -0.131. The summed E-state index contributed by atoms with van der Waals surface area (Å²) < 4.78 is 0. The van der Waals surface area contributed by atoms with Crippen molar-refractivity contribution in [1.82, 2.24) is 0 Å². The lowest BCUT2D eigenvalue weighted by Crippen LogP contribution is -2.61. The summed E-state index contributed by atoms with van der Waals surface area (Å²) in [7, 11) is 0. The summed E-state index contributed by atoms with van der Waals surface area (Å²) >= 11 is 0. The van der Waals surface area contributed by atoms with Gasteiger partial charge in [0.1, 0.15) is 0 Å². The zero-order chi connectivity index (χ0) is 14.0. The van der Waals surface area contributed by atoms with E-state index in [1.165, 1.54) is 0 Å². The van der Waals surface area contributed by atoms with Gasteiger partial charge in [-0.25, -0.2) is 0 Å². The van der Waals surface area contributed by atoms with Gasteiger partial charge in [0, 0.05) is 18.5 Å². The van der Waals surface area contributed by atoms with Crippen LogP contribution >= 0.6 is 0 Å². The molecule has 0 amide bonds. The Kier molecular flexibility index (Phi) is 4.34. The standard InChI is InChI=1S/C13H21NO4/c1-4-12(15,16)14(13(17,18)5-2)11-8-6-10(3)7-9-11/h6-9,15-18H,4-5H2,1-3H3. The van der Waals surface area contributed by atoms with Crippen LogP contribution in [0.1, 0.15) is 32.3 Å². The second kappa shape index (κ2) is 5.24. The number of aryl methyl sites for hydroxylation is 1. The molecule has 0 aliphatic carbocycles. The molecular weight excluding hydrogens is 234 g/mol. The van der Waals surface area contributed by atoms with Crippen LogP contribution in [-0.4, -0.2) is 32.2 Å². The largest absolute Gasteiger partial charge is 0.349 e. The lowest BCUT2D eigenvalue weighted by atomic mass is 10.1. The van der Waals surface area contributed by atoms with Crippen LogP contribution in [0.15, 0.2) is 24.3 Å². The molecule has 0 saturated heterocycles. The molecule has 0 heterocycles. The smallest absolute Gasteiger partial charge is 0.250 e. The van der Waals surface area contributed by atoms with Crippen molar-refractivity contribution in [3.8, 4) is 0 Å². The third-order valence-corrected chi connectivity index (χ3v) is 2.96. The molecular formula is C13H21NO4. The van der Waals surface area contributed by atoms with Crippen LogP contribution in [-0.2, 0) is 0 Å². The van der Waals surface area contributed by atoms with Crippen molar-refractivity contribution in [3.05, 3.63) is 29.8 Å². The van der Waals surface area contributed by atoms with Gasteiger partial charge in [0.2, 0.25) is 11.8 Å². The summed E-state index contributed by atoms with van der Waals surface area (Å²) in [6, 6.07) is 6.76. The van der Waals surface area contributed by atoms with Gasteiger partial charge < -0.3 is 20.4 Å². The summed E-state index contributed by atoms with van der Waals surface area (Å²) in [4.78, 5) is 0.805. The Morgan fingerprint density at radius 3 is 1.61 bits per heavy atom. The number of aliphatic hydroxyl groups is 4. The fourth-order valence-corrected chi connectivity index (χ4v) is 1.71. The van der Waals surface area contributed by atoms with Gasteiger partial charge in [0.15, 0.2) is 0 Å². The van der Waals surface area contributed by atoms with Crippen molar-refractivity contribution in [2.45, 2.75) is 45.4 Å². The zero-order valence-corrected chi connectivity index (χ0v) is 11.0. The summed E-state index contributed by atoms with van der Waals surface area (Å²) in [5.41, 5.74) is 1.33. The quantitative estimate of drug-likeness (QED) is 0.587. The third kappa shape index (κ3) is 3.00. The Balaban J connectivity index is 3.25. The molecule has 5 nitrogen and oxygen atoms in total. The lowest BCUT2D eigenvalue weighted by Gasteiger charge is -2.43. The Labute approximate surface area is 107 Å². The highest BCUT2D eigenvalue weighted by Gasteiger charge is 2.43. The highest BCUT2D eigenvalue weighted by molar-refractivity contribution is 5.50. The molecule has 0 fully saturated rings. The predicted octanol–water partition coefficient (Wildman–Crippen LogP) is 0.898. The van der Waals surface area contributed by atoms with E-state index >= 15 is 0 Å². The van der Waals surface area contributed by atoms with Crippen LogP contribution in [0.25, 0.3) is 0 Å². The highest BCUT2D eigenvalue weighted by atomic mass is 16.6. The maximum absolute atomic E-state index is 9.93. The maximum atomic E-state index is 9.93. The minimum Gasteiger partial charge on any atom is -0.349 e. The average molecular weight is 255 g/mol. The molecule has 18 heavy (non-hydrogen) atoms. The third-order valence-electron chi connectivity index (χ3n) is 2.96. The first-order chi connectivity index (χ1) is 8.24. The van der Waals surface area contributed by atoms with E-state index in [0.29, 0.717) is 5.69 Å². The van der Waals surface area contributed by atoms with E-state index in [4.69, 9.17) is 0 Å². The number of hydrogen-bond acceptors (Lipinski definition) is 5. The Morgan fingerprint density at radius 1 is 0.889 bits per heavy atom. The van der Waals surface area contributed by atoms with E-state index in [1.807, 2.05) is 6.92 Å². The molecule has 0 radical (unpaired) electrons. The zero-order valence-electron chi connectivity index (χ0n) is 11.0. The fraction of sp³-hybridized carbons (Fsp3) is 0.538. The van der Waals surface area contributed by atoms with Crippen molar-refractivity contribution in [2.75, 3.05) is 4.90 Å². The Hall–Kier alpha value is -1.14. The second-order valence-electron chi connectivity index (χ2n) is 4.43. The molecule has 0 saturated carbocycles. The van der Waals surface area contributed by atoms with Crippen molar-refractivity contribution >= 4 is 5.69 Å². The van der Waals surface area contributed by atoms with E-state index in [0.717, 1.165) is 10.5 Å². The average Bonchev–Trinajstić information content (AvgIpc) is 2.31. The molecule has 0 atom stereocenters. The topological polar surface area (TPSA) is 84.2 Å². The molecule has 0 bridgehead atoms.